The fourth-order valence-electron chi connectivity index (χ4n) is 4.22. The van der Waals surface area contributed by atoms with Crippen molar-refractivity contribution < 1.29 is 0 Å². The summed E-state index contributed by atoms with van der Waals surface area (Å²) < 4.78 is 0. The molecule has 5 nitrogen and oxygen atoms in total. The number of benzene rings is 1. The molecule has 0 unspecified atom stereocenters. The molecule has 2 N–H and O–H groups in total. The van der Waals surface area contributed by atoms with Gasteiger partial charge in [-0.1, -0.05) is 23.7 Å². The zero-order valence-corrected chi connectivity index (χ0v) is 15.3. The summed E-state index contributed by atoms with van der Waals surface area (Å²) >= 11 is 6.09. The van der Waals surface area contributed by atoms with Gasteiger partial charge < -0.3 is 15.5 Å². The monoisotopic (exact) mass is 357 g/mol. The lowest BCUT2D eigenvalue weighted by atomic mass is 9.72. The summed E-state index contributed by atoms with van der Waals surface area (Å²) in [7, 11) is 2.03. The Hall–Kier alpha value is -1.85. The molecule has 4 rings (SSSR count). The topological polar surface area (TPSA) is 53.1 Å². The number of likely N-dealkylation sites (N-methyl/N-ethyl adjacent to an activating group) is 1. The fourth-order valence-corrected chi connectivity index (χ4v) is 4.35. The summed E-state index contributed by atoms with van der Waals surface area (Å²) in [5.74, 6) is 2.12. The number of nitrogens with zero attached hydrogens (tertiary/aromatic N) is 3. The Balaban J connectivity index is 1.56. The Bertz CT molecular complexity index is 738. The van der Waals surface area contributed by atoms with E-state index >= 15 is 0 Å². The van der Waals surface area contributed by atoms with Crippen LogP contribution in [0.25, 0.3) is 0 Å². The summed E-state index contributed by atoms with van der Waals surface area (Å²) in [6, 6.07) is 8.37. The number of anilines is 2. The van der Waals surface area contributed by atoms with E-state index in [1.807, 2.05) is 19.2 Å². The molecule has 0 aliphatic carbocycles. The van der Waals surface area contributed by atoms with Crippen LogP contribution in [0, 0.1) is 0 Å². The van der Waals surface area contributed by atoms with Crippen LogP contribution in [0.2, 0.25) is 5.02 Å². The lowest BCUT2D eigenvalue weighted by molar-refractivity contribution is 0.321. The van der Waals surface area contributed by atoms with Gasteiger partial charge in [0.15, 0.2) is 0 Å². The van der Waals surface area contributed by atoms with Crippen molar-refractivity contribution in [2.24, 2.45) is 0 Å². The lowest BCUT2D eigenvalue weighted by Gasteiger charge is -2.43. The van der Waals surface area contributed by atoms with E-state index in [0.29, 0.717) is 0 Å². The summed E-state index contributed by atoms with van der Waals surface area (Å²) in [5, 5.41) is 7.54. The Labute approximate surface area is 153 Å². The third-order valence-electron chi connectivity index (χ3n) is 5.58. The van der Waals surface area contributed by atoms with E-state index in [9.17, 15) is 0 Å². The third kappa shape index (κ3) is 3.07. The summed E-state index contributed by atoms with van der Waals surface area (Å²) in [5.41, 5.74) is 2.81. The second-order valence-electron chi connectivity index (χ2n) is 7.01. The minimum Gasteiger partial charge on any atom is -0.369 e. The normalized spacial score (nSPS) is 18.7. The molecule has 0 amide bonds. The average Bonchev–Trinajstić information content (AvgIpc) is 3.12. The smallest absolute Gasteiger partial charge is 0.137 e. The molecule has 0 bridgehead atoms. The molecule has 0 spiro atoms. The highest BCUT2D eigenvalue weighted by Crippen LogP contribution is 2.38. The molecule has 1 aromatic heterocycles. The minimum absolute atomic E-state index is 0.157. The molecule has 2 aromatic rings. The van der Waals surface area contributed by atoms with Crippen molar-refractivity contribution in [1.82, 2.24) is 15.3 Å². The van der Waals surface area contributed by atoms with Gasteiger partial charge in [-0.3, -0.25) is 0 Å². The number of fused-ring (bicyclic) bond motifs is 1. The van der Waals surface area contributed by atoms with E-state index < -0.39 is 0 Å². The SMILES string of the molecule is CNCC1(c2ccc(Cl)cc2)CCN(c2ncnc3c2CCN3)CC1. The van der Waals surface area contributed by atoms with Crippen LogP contribution in [0.3, 0.4) is 0 Å². The molecule has 1 fully saturated rings. The molecule has 2 aliphatic heterocycles. The molecule has 25 heavy (non-hydrogen) atoms. The van der Waals surface area contributed by atoms with Gasteiger partial charge in [0.1, 0.15) is 18.0 Å². The van der Waals surface area contributed by atoms with Gasteiger partial charge >= 0.3 is 0 Å². The first kappa shape index (κ1) is 16.6. The minimum atomic E-state index is 0.157. The van der Waals surface area contributed by atoms with Gasteiger partial charge in [-0.05, 0) is 44.0 Å². The van der Waals surface area contributed by atoms with E-state index in [1.165, 1.54) is 11.1 Å². The highest BCUT2D eigenvalue weighted by molar-refractivity contribution is 6.30. The number of halogens is 1. The van der Waals surface area contributed by atoms with Gasteiger partial charge in [0, 0.05) is 42.2 Å². The largest absolute Gasteiger partial charge is 0.369 e. The Morgan fingerprint density at radius 2 is 1.96 bits per heavy atom. The second kappa shape index (κ2) is 6.81. The number of aromatic nitrogens is 2. The van der Waals surface area contributed by atoms with Crippen molar-refractivity contribution in [3.8, 4) is 0 Å². The van der Waals surface area contributed by atoms with Gasteiger partial charge in [0.2, 0.25) is 0 Å². The second-order valence-corrected chi connectivity index (χ2v) is 7.44. The van der Waals surface area contributed by atoms with Crippen molar-refractivity contribution in [1.29, 1.82) is 0 Å². The molecule has 0 atom stereocenters. The highest BCUT2D eigenvalue weighted by Gasteiger charge is 2.37. The van der Waals surface area contributed by atoms with Crippen molar-refractivity contribution in [3.05, 3.63) is 46.7 Å². The van der Waals surface area contributed by atoms with E-state index in [2.05, 4.69) is 37.6 Å². The fraction of sp³-hybridized carbons (Fsp3) is 0.474. The number of hydrogen-bond acceptors (Lipinski definition) is 5. The van der Waals surface area contributed by atoms with Gasteiger partial charge in [0.05, 0.1) is 0 Å². The molecule has 1 saturated heterocycles. The van der Waals surface area contributed by atoms with Crippen LogP contribution < -0.4 is 15.5 Å². The van der Waals surface area contributed by atoms with Crippen LogP contribution in [-0.2, 0) is 11.8 Å². The van der Waals surface area contributed by atoms with Crippen molar-refractivity contribution >= 4 is 23.2 Å². The zero-order valence-electron chi connectivity index (χ0n) is 14.6. The van der Waals surface area contributed by atoms with Crippen molar-refractivity contribution in [2.75, 3.05) is 43.4 Å². The molecule has 132 valence electrons. The molecule has 2 aliphatic rings. The van der Waals surface area contributed by atoms with E-state index in [1.54, 1.807) is 6.33 Å². The average molecular weight is 358 g/mol. The molecule has 0 saturated carbocycles. The molecular weight excluding hydrogens is 334 g/mol. The molecule has 6 heteroatoms. The van der Waals surface area contributed by atoms with Crippen molar-refractivity contribution in [3.63, 3.8) is 0 Å². The van der Waals surface area contributed by atoms with Crippen LogP contribution in [0.1, 0.15) is 24.0 Å². The van der Waals surface area contributed by atoms with Gasteiger partial charge in [0.25, 0.3) is 0 Å². The number of hydrogen-bond donors (Lipinski definition) is 2. The first-order valence-electron chi connectivity index (χ1n) is 8.95. The third-order valence-corrected chi connectivity index (χ3v) is 5.83. The zero-order chi connectivity index (χ0) is 17.3. The van der Waals surface area contributed by atoms with E-state index in [4.69, 9.17) is 11.6 Å². The number of piperidine rings is 1. The van der Waals surface area contributed by atoms with Gasteiger partial charge in [-0.2, -0.15) is 0 Å². The maximum absolute atomic E-state index is 6.09. The first-order valence-corrected chi connectivity index (χ1v) is 9.33. The predicted molar refractivity (Wildman–Crippen MR) is 103 cm³/mol. The Morgan fingerprint density at radius 1 is 1.20 bits per heavy atom. The van der Waals surface area contributed by atoms with Crippen LogP contribution in [0.15, 0.2) is 30.6 Å². The summed E-state index contributed by atoms with van der Waals surface area (Å²) in [6.07, 6.45) is 4.89. The van der Waals surface area contributed by atoms with E-state index in [-0.39, 0.29) is 5.41 Å². The molecule has 0 radical (unpaired) electrons. The van der Waals surface area contributed by atoms with E-state index in [0.717, 1.165) is 62.1 Å². The first-order chi connectivity index (χ1) is 12.2. The Kier molecular flexibility index (Phi) is 4.52. The molecule has 3 heterocycles. The van der Waals surface area contributed by atoms with Crippen LogP contribution in [0.5, 0.6) is 0 Å². The quantitative estimate of drug-likeness (QED) is 0.881. The standard InChI is InChI=1S/C19H24ClN5/c1-21-12-19(14-2-4-15(20)5-3-14)7-10-25(11-8-19)18-16-6-9-22-17(16)23-13-24-18/h2-5,13,21H,6-12H2,1H3,(H,22,23,24). The van der Waals surface area contributed by atoms with Gasteiger partial charge in [-0.15, -0.1) is 0 Å². The lowest BCUT2D eigenvalue weighted by Crippen LogP contribution is -2.48. The van der Waals surface area contributed by atoms with Crippen molar-refractivity contribution in [2.45, 2.75) is 24.7 Å². The maximum atomic E-state index is 6.09. The molecule has 1 aromatic carbocycles. The summed E-state index contributed by atoms with van der Waals surface area (Å²) in [4.78, 5) is 11.4. The Morgan fingerprint density at radius 3 is 2.68 bits per heavy atom. The predicted octanol–water partition coefficient (Wildman–Crippen LogP) is 2.86. The van der Waals surface area contributed by atoms with Gasteiger partial charge in [-0.25, -0.2) is 9.97 Å². The highest BCUT2D eigenvalue weighted by atomic mass is 35.5. The molecular formula is C19H24ClN5. The van der Waals surface area contributed by atoms with Crippen LogP contribution in [-0.4, -0.2) is 43.2 Å². The van der Waals surface area contributed by atoms with Crippen LogP contribution in [0.4, 0.5) is 11.6 Å². The van der Waals surface area contributed by atoms with Crippen LogP contribution >= 0.6 is 11.6 Å². The number of nitrogens with one attached hydrogen (secondary N) is 2. The summed E-state index contributed by atoms with van der Waals surface area (Å²) in [6.45, 7) is 3.96. The number of rotatable bonds is 4. The maximum Gasteiger partial charge on any atom is 0.137 e.